The third-order valence-corrected chi connectivity index (χ3v) is 4.13. The van der Waals surface area contributed by atoms with E-state index in [0.717, 1.165) is 39.1 Å². The zero-order chi connectivity index (χ0) is 13.4. The van der Waals surface area contributed by atoms with Gasteiger partial charge in [-0.2, -0.15) is 0 Å². The van der Waals surface area contributed by atoms with Gasteiger partial charge in [-0.25, -0.2) is 4.98 Å². The molecule has 5 heteroatoms. The molecule has 0 radical (unpaired) electrons. The molecule has 0 atom stereocenters. The zero-order valence-corrected chi connectivity index (χ0v) is 12.1. The Kier molecular flexibility index (Phi) is 3.16. The van der Waals surface area contributed by atoms with E-state index in [1.165, 1.54) is 0 Å². The summed E-state index contributed by atoms with van der Waals surface area (Å²) in [5.74, 6) is 0.967. The van der Waals surface area contributed by atoms with Crippen LogP contribution in [0.2, 0.25) is 0 Å². The Labute approximate surface area is 119 Å². The number of fused-ring (bicyclic) bond motifs is 1. The number of imidazole rings is 1. The second-order valence-corrected chi connectivity index (χ2v) is 5.16. The van der Waals surface area contributed by atoms with Crippen molar-refractivity contribution in [1.29, 1.82) is 0 Å². The highest BCUT2D eigenvalue weighted by atomic mass is 79.9. The highest BCUT2D eigenvalue weighted by Crippen LogP contribution is 2.34. The van der Waals surface area contributed by atoms with Gasteiger partial charge in [-0.1, -0.05) is 18.2 Å². The van der Waals surface area contributed by atoms with Gasteiger partial charge in [-0.05, 0) is 28.5 Å². The fourth-order valence-electron chi connectivity index (χ4n) is 2.21. The number of aromatic nitrogens is 2. The molecule has 0 unspecified atom stereocenters. The van der Waals surface area contributed by atoms with Gasteiger partial charge in [-0.15, -0.1) is 0 Å². The first-order valence-corrected chi connectivity index (χ1v) is 6.89. The number of hydrogen-bond donors (Lipinski definition) is 1. The number of nitrogens with two attached hydrogens (primary N) is 1. The first kappa shape index (κ1) is 12.4. The molecule has 0 spiro atoms. The maximum absolute atomic E-state index is 5.61. The van der Waals surface area contributed by atoms with E-state index in [0.29, 0.717) is 6.54 Å². The average molecular weight is 320 g/mol. The number of benzene rings is 1. The van der Waals surface area contributed by atoms with E-state index in [1.807, 2.05) is 35.9 Å². The lowest BCUT2D eigenvalue weighted by atomic mass is 10.1. The van der Waals surface area contributed by atoms with Crippen LogP contribution in [0.1, 0.15) is 5.82 Å². The molecular weight excluding hydrogens is 306 g/mol. The largest absolute Gasteiger partial charge is 0.464 e. The summed E-state index contributed by atoms with van der Waals surface area (Å²) < 4.78 is 8.54. The van der Waals surface area contributed by atoms with Crippen molar-refractivity contribution < 1.29 is 4.42 Å². The number of nitrogens with zero attached hydrogens (tertiary/aromatic N) is 2. The molecule has 3 rings (SSSR count). The lowest BCUT2D eigenvalue weighted by Crippen LogP contribution is -2.07. The predicted octanol–water partition coefficient (Wildman–Crippen LogP) is 3.10. The Morgan fingerprint density at radius 3 is 2.95 bits per heavy atom. The summed E-state index contributed by atoms with van der Waals surface area (Å²) in [4.78, 5) is 4.67. The molecule has 2 N–H and O–H groups in total. The summed E-state index contributed by atoms with van der Waals surface area (Å²) >= 11 is 3.60. The molecule has 2 heterocycles. The minimum Gasteiger partial charge on any atom is -0.464 e. The molecule has 0 saturated carbocycles. The lowest BCUT2D eigenvalue weighted by Gasteiger charge is -1.99. The van der Waals surface area contributed by atoms with Gasteiger partial charge in [0, 0.05) is 24.4 Å². The topological polar surface area (TPSA) is 57.0 Å². The van der Waals surface area contributed by atoms with Crippen LogP contribution in [0.25, 0.3) is 22.2 Å². The van der Waals surface area contributed by atoms with Crippen LogP contribution in [0.15, 0.2) is 39.5 Å². The first-order chi connectivity index (χ1) is 9.22. The number of furan rings is 1. The lowest BCUT2D eigenvalue weighted by molar-refractivity contribution is 0.617. The molecule has 0 fully saturated rings. The van der Waals surface area contributed by atoms with Crippen molar-refractivity contribution in [3.8, 4) is 11.3 Å². The molecule has 0 amide bonds. The van der Waals surface area contributed by atoms with Crippen molar-refractivity contribution in [2.24, 2.45) is 12.8 Å². The van der Waals surface area contributed by atoms with E-state index in [-0.39, 0.29) is 0 Å². The molecular formula is C14H14BrN3O. The second-order valence-electron chi connectivity index (χ2n) is 4.41. The molecule has 0 aliphatic heterocycles. The molecule has 0 aliphatic rings. The van der Waals surface area contributed by atoms with Gasteiger partial charge < -0.3 is 14.7 Å². The number of rotatable bonds is 3. The molecule has 2 aromatic heterocycles. The number of halogens is 1. The van der Waals surface area contributed by atoms with Crippen LogP contribution >= 0.6 is 15.9 Å². The second kappa shape index (κ2) is 4.83. The van der Waals surface area contributed by atoms with Crippen LogP contribution in [0.3, 0.4) is 0 Å². The predicted molar refractivity (Wildman–Crippen MR) is 78.9 cm³/mol. The maximum Gasteiger partial charge on any atom is 0.134 e. The summed E-state index contributed by atoms with van der Waals surface area (Å²) in [6.45, 7) is 0.586. The van der Waals surface area contributed by atoms with Crippen molar-refractivity contribution in [2.45, 2.75) is 6.42 Å². The van der Waals surface area contributed by atoms with Crippen LogP contribution in [0.5, 0.6) is 0 Å². The van der Waals surface area contributed by atoms with E-state index in [4.69, 9.17) is 10.2 Å². The van der Waals surface area contributed by atoms with Crippen molar-refractivity contribution >= 4 is 26.9 Å². The van der Waals surface area contributed by atoms with E-state index in [2.05, 4.69) is 20.9 Å². The van der Waals surface area contributed by atoms with Gasteiger partial charge in [0.05, 0.1) is 0 Å². The summed E-state index contributed by atoms with van der Waals surface area (Å²) in [5, 5.41) is 1.07. The molecule has 1 aromatic carbocycles. The minimum atomic E-state index is 0.586. The van der Waals surface area contributed by atoms with Crippen LogP contribution in [0, 0.1) is 0 Å². The summed E-state index contributed by atoms with van der Waals surface area (Å²) in [6.07, 6.45) is 2.51. The third-order valence-electron chi connectivity index (χ3n) is 3.22. The molecule has 4 nitrogen and oxygen atoms in total. The Hall–Kier alpha value is -1.59. The first-order valence-electron chi connectivity index (χ1n) is 6.10. The summed E-state index contributed by atoms with van der Waals surface area (Å²) in [5.41, 5.74) is 8.38. The van der Waals surface area contributed by atoms with Crippen LogP contribution in [0.4, 0.5) is 0 Å². The molecule has 3 aromatic rings. The number of para-hydroxylation sites is 1. The average Bonchev–Trinajstić information content (AvgIpc) is 2.96. The smallest absolute Gasteiger partial charge is 0.134 e. The fraction of sp³-hybridized carbons (Fsp3) is 0.214. The van der Waals surface area contributed by atoms with Crippen molar-refractivity contribution in [1.82, 2.24) is 9.55 Å². The van der Waals surface area contributed by atoms with E-state index in [1.54, 1.807) is 6.26 Å². The Balaban J connectivity index is 2.19. The highest BCUT2D eigenvalue weighted by Gasteiger charge is 2.17. The van der Waals surface area contributed by atoms with E-state index < -0.39 is 0 Å². The monoisotopic (exact) mass is 319 g/mol. The fourth-order valence-corrected chi connectivity index (χ4v) is 2.71. The maximum atomic E-state index is 5.61. The molecule has 0 saturated heterocycles. The molecule has 0 aliphatic carbocycles. The van der Waals surface area contributed by atoms with Crippen LogP contribution in [-0.4, -0.2) is 16.1 Å². The van der Waals surface area contributed by atoms with Crippen molar-refractivity contribution in [3.63, 3.8) is 0 Å². The summed E-state index contributed by atoms with van der Waals surface area (Å²) in [6, 6.07) is 7.95. The SMILES string of the molecule is Cn1c(CCN)nc(-c2coc3ccccc23)c1Br. The zero-order valence-electron chi connectivity index (χ0n) is 10.6. The van der Waals surface area contributed by atoms with Gasteiger partial charge in [0.25, 0.3) is 0 Å². The van der Waals surface area contributed by atoms with E-state index >= 15 is 0 Å². The standard InChI is InChI=1S/C14H14BrN3O/c1-18-12(6-7-16)17-13(14(18)15)10-8-19-11-5-3-2-4-9(10)11/h2-5,8H,6-7,16H2,1H3. The van der Waals surface area contributed by atoms with Gasteiger partial charge in [0.15, 0.2) is 0 Å². The third kappa shape index (κ3) is 1.99. The van der Waals surface area contributed by atoms with Gasteiger partial charge in [-0.3, -0.25) is 0 Å². The van der Waals surface area contributed by atoms with Gasteiger partial charge >= 0.3 is 0 Å². The normalized spacial score (nSPS) is 11.3. The van der Waals surface area contributed by atoms with Gasteiger partial charge in [0.2, 0.25) is 0 Å². The van der Waals surface area contributed by atoms with Crippen molar-refractivity contribution in [3.05, 3.63) is 41.0 Å². The minimum absolute atomic E-state index is 0.586. The van der Waals surface area contributed by atoms with E-state index in [9.17, 15) is 0 Å². The highest BCUT2D eigenvalue weighted by molar-refractivity contribution is 9.10. The Morgan fingerprint density at radius 1 is 1.37 bits per heavy atom. The van der Waals surface area contributed by atoms with Gasteiger partial charge in [0.1, 0.15) is 28.0 Å². The number of hydrogen-bond acceptors (Lipinski definition) is 3. The molecule has 98 valence electrons. The van der Waals surface area contributed by atoms with Crippen LogP contribution in [-0.2, 0) is 13.5 Å². The molecule has 19 heavy (non-hydrogen) atoms. The Bertz CT molecular complexity index is 729. The van der Waals surface area contributed by atoms with Crippen LogP contribution < -0.4 is 5.73 Å². The van der Waals surface area contributed by atoms with Crippen molar-refractivity contribution in [2.75, 3.05) is 6.54 Å². The summed E-state index contributed by atoms with van der Waals surface area (Å²) in [7, 11) is 1.98. The quantitative estimate of drug-likeness (QED) is 0.807. The molecule has 0 bridgehead atoms. The Morgan fingerprint density at radius 2 is 2.16 bits per heavy atom.